The monoisotopic (exact) mass is 650 g/mol. The van der Waals surface area contributed by atoms with Crippen LogP contribution >= 0.6 is 0 Å². The van der Waals surface area contributed by atoms with E-state index in [1.54, 1.807) is 0 Å². The fraction of sp³-hybridized carbons (Fsp3) is 0.120. The summed E-state index contributed by atoms with van der Waals surface area (Å²) in [4.78, 5) is 0. The number of aryl methyl sites for hydroxylation is 6. The average molecular weight is 651 g/mol. The molecule has 0 aromatic heterocycles. The van der Waals surface area contributed by atoms with Crippen LogP contribution in [-0.2, 0) is 0 Å². The van der Waals surface area contributed by atoms with Crippen LogP contribution in [0.2, 0.25) is 0 Å². The molecule has 1 heteroatoms. The second-order valence-corrected chi connectivity index (χ2v) is 15.2. The molecule has 0 aliphatic carbocycles. The molecule has 0 bridgehead atoms. The summed E-state index contributed by atoms with van der Waals surface area (Å²) in [5, 5.41) is 16.0. The average Bonchev–Trinajstić information content (AvgIpc) is 3.11. The van der Waals surface area contributed by atoms with Crippen molar-refractivity contribution in [2.24, 2.45) is 0 Å². The molecule has 51 heavy (non-hydrogen) atoms. The minimum absolute atomic E-state index is 0.118. The zero-order valence-electron chi connectivity index (χ0n) is 30.2. The third-order valence-electron chi connectivity index (χ3n) is 11.9. The van der Waals surface area contributed by atoms with Crippen molar-refractivity contribution in [2.75, 3.05) is 0 Å². The van der Waals surface area contributed by atoms with Crippen LogP contribution in [0.5, 0.6) is 0 Å². The minimum atomic E-state index is 0.118. The quantitative estimate of drug-likeness (QED) is 0.131. The molecule has 0 saturated heterocycles. The maximum absolute atomic E-state index is 2.42. The van der Waals surface area contributed by atoms with Gasteiger partial charge in [0, 0.05) is 0 Å². The van der Waals surface area contributed by atoms with Crippen LogP contribution in [0, 0.1) is 41.5 Å². The molecule has 0 nitrogen and oxygen atoms in total. The van der Waals surface area contributed by atoms with E-state index in [9.17, 15) is 0 Å². The maximum Gasteiger partial charge on any atom is 0.243 e. The van der Waals surface area contributed by atoms with Gasteiger partial charge in [-0.2, -0.15) is 0 Å². The summed E-state index contributed by atoms with van der Waals surface area (Å²) in [6.45, 7) is 13.8. The SMILES string of the molecule is Cc1cc(C)c(B(c2c(C)cc(C)cc2C)c2ccc3ccc4c(-c5ccc6ccc7cccc8ccc5c6c78)ccc5ccc2c3c54)c(C)c1. The molecule has 0 atom stereocenters. The van der Waals surface area contributed by atoms with E-state index < -0.39 is 0 Å². The Morgan fingerprint density at radius 2 is 0.686 bits per heavy atom. The third-order valence-corrected chi connectivity index (χ3v) is 11.9. The van der Waals surface area contributed by atoms with Crippen LogP contribution < -0.4 is 16.4 Å². The van der Waals surface area contributed by atoms with Crippen LogP contribution in [-0.4, -0.2) is 6.71 Å². The zero-order valence-corrected chi connectivity index (χ0v) is 30.2. The van der Waals surface area contributed by atoms with Gasteiger partial charge in [0.15, 0.2) is 0 Å². The summed E-state index contributed by atoms with van der Waals surface area (Å²) in [7, 11) is 0. The summed E-state index contributed by atoms with van der Waals surface area (Å²) in [5.41, 5.74) is 14.9. The van der Waals surface area contributed by atoms with Gasteiger partial charge in [0.25, 0.3) is 0 Å². The lowest BCUT2D eigenvalue weighted by molar-refractivity contribution is 1.34. The van der Waals surface area contributed by atoms with Gasteiger partial charge in [-0.1, -0.05) is 177 Å². The van der Waals surface area contributed by atoms with Gasteiger partial charge in [-0.15, -0.1) is 0 Å². The lowest BCUT2D eigenvalue weighted by atomic mass is 9.33. The Labute approximate surface area is 300 Å². The second-order valence-electron chi connectivity index (χ2n) is 15.2. The lowest BCUT2D eigenvalue weighted by Gasteiger charge is -2.26. The van der Waals surface area contributed by atoms with E-state index in [4.69, 9.17) is 0 Å². The maximum atomic E-state index is 2.42. The standard InChI is InChI=1S/C50H39B/c1-28-24-30(3)49(31(4)25-28)51(50-32(5)26-29(2)27-33(50)6)44-23-17-38-15-21-42-40(19-13-37-16-22-43(44)48(38)47(37)42)39-18-12-36-11-10-34-8-7-9-35-14-20-41(39)46(36)45(34)35/h7-27H,1-6H3. The van der Waals surface area contributed by atoms with Crippen molar-refractivity contribution in [1.29, 1.82) is 0 Å². The fourth-order valence-corrected chi connectivity index (χ4v) is 10.0. The van der Waals surface area contributed by atoms with E-state index in [1.807, 2.05) is 0 Å². The van der Waals surface area contributed by atoms with Gasteiger partial charge in [-0.3, -0.25) is 0 Å². The Morgan fingerprint density at radius 3 is 1.18 bits per heavy atom. The zero-order chi connectivity index (χ0) is 34.7. The van der Waals surface area contributed by atoms with Gasteiger partial charge in [-0.05, 0) is 117 Å². The lowest BCUT2D eigenvalue weighted by Crippen LogP contribution is -2.56. The number of rotatable bonds is 4. The van der Waals surface area contributed by atoms with Crippen molar-refractivity contribution in [3.05, 3.63) is 161 Å². The van der Waals surface area contributed by atoms with Crippen molar-refractivity contribution in [3.8, 4) is 11.1 Å². The summed E-state index contributed by atoms with van der Waals surface area (Å²) in [6, 6.07) is 49.0. The molecule has 10 aromatic carbocycles. The molecule has 0 aliphatic heterocycles. The smallest absolute Gasteiger partial charge is 0.0657 e. The topological polar surface area (TPSA) is 0 Å². The molecule has 242 valence electrons. The first-order chi connectivity index (χ1) is 24.8. The number of hydrogen-bond donors (Lipinski definition) is 0. The summed E-state index contributed by atoms with van der Waals surface area (Å²) in [6.07, 6.45) is 0. The predicted octanol–water partition coefficient (Wildman–Crippen LogP) is 11.5. The minimum Gasteiger partial charge on any atom is -0.0657 e. The first-order valence-corrected chi connectivity index (χ1v) is 18.3. The van der Waals surface area contributed by atoms with Crippen molar-refractivity contribution >= 4 is 87.7 Å². The predicted molar refractivity (Wildman–Crippen MR) is 225 cm³/mol. The van der Waals surface area contributed by atoms with E-state index >= 15 is 0 Å². The van der Waals surface area contributed by atoms with E-state index in [0.29, 0.717) is 0 Å². The highest BCUT2D eigenvalue weighted by molar-refractivity contribution is 6.98. The van der Waals surface area contributed by atoms with Gasteiger partial charge < -0.3 is 0 Å². The van der Waals surface area contributed by atoms with Gasteiger partial charge >= 0.3 is 0 Å². The molecule has 0 fully saturated rings. The molecule has 0 heterocycles. The second kappa shape index (κ2) is 10.9. The van der Waals surface area contributed by atoms with E-state index in [0.717, 1.165) is 0 Å². The Morgan fingerprint density at radius 1 is 0.333 bits per heavy atom. The largest absolute Gasteiger partial charge is 0.243 e. The summed E-state index contributed by atoms with van der Waals surface area (Å²) < 4.78 is 0. The van der Waals surface area contributed by atoms with Gasteiger partial charge in [0.2, 0.25) is 6.71 Å². The molecule has 0 amide bonds. The number of benzene rings is 10. The Bertz CT molecular complexity index is 2910. The van der Waals surface area contributed by atoms with E-state index in [1.165, 1.54) is 126 Å². The third kappa shape index (κ3) is 4.34. The highest BCUT2D eigenvalue weighted by Crippen LogP contribution is 2.44. The van der Waals surface area contributed by atoms with Crippen LogP contribution in [0.3, 0.4) is 0 Å². The molecular weight excluding hydrogens is 611 g/mol. The molecule has 10 rings (SSSR count). The Balaban J connectivity index is 1.28. The van der Waals surface area contributed by atoms with Gasteiger partial charge in [0.05, 0.1) is 0 Å². The normalized spacial score (nSPS) is 12.1. The van der Waals surface area contributed by atoms with Crippen LogP contribution in [0.1, 0.15) is 33.4 Å². The first-order valence-electron chi connectivity index (χ1n) is 18.3. The molecular formula is C50H39B. The summed E-state index contributed by atoms with van der Waals surface area (Å²) >= 11 is 0. The molecule has 0 unspecified atom stereocenters. The van der Waals surface area contributed by atoms with Crippen LogP contribution in [0.25, 0.3) is 75.8 Å². The number of hydrogen-bond acceptors (Lipinski definition) is 0. The Hall–Kier alpha value is -5.66. The van der Waals surface area contributed by atoms with Gasteiger partial charge in [0.1, 0.15) is 0 Å². The first kappa shape index (κ1) is 30.2. The summed E-state index contributed by atoms with van der Waals surface area (Å²) in [5.74, 6) is 0. The van der Waals surface area contributed by atoms with Crippen LogP contribution in [0.15, 0.2) is 127 Å². The molecule has 0 spiro atoms. The van der Waals surface area contributed by atoms with Crippen molar-refractivity contribution in [2.45, 2.75) is 41.5 Å². The van der Waals surface area contributed by atoms with Gasteiger partial charge in [-0.25, -0.2) is 0 Å². The van der Waals surface area contributed by atoms with E-state index in [-0.39, 0.29) is 6.71 Å². The van der Waals surface area contributed by atoms with E-state index in [2.05, 4.69) is 169 Å². The fourth-order valence-electron chi connectivity index (χ4n) is 10.0. The highest BCUT2D eigenvalue weighted by Gasteiger charge is 2.30. The van der Waals surface area contributed by atoms with Crippen molar-refractivity contribution in [1.82, 2.24) is 0 Å². The van der Waals surface area contributed by atoms with Crippen molar-refractivity contribution in [3.63, 3.8) is 0 Å². The molecule has 0 saturated carbocycles. The Kier molecular flexibility index (Phi) is 6.47. The molecule has 0 radical (unpaired) electrons. The highest BCUT2D eigenvalue weighted by atomic mass is 14.2. The molecule has 0 N–H and O–H groups in total. The van der Waals surface area contributed by atoms with Crippen molar-refractivity contribution < 1.29 is 0 Å². The molecule has 10 aromatic rings. The van der Waals surface area contributed by atoms with Crippen LogP contribution in [0.4, 0.5) is 0 Å². The molecule has 0 aliphatic rings.